The first kappa shape index (κ1) is 11.0. The average molecular weight is 223 g/mol. The van der Waals surface area contributed by atoms with Gasteiger partial charge in [-0.3, -0.25) is 4.79 Å². The summed E-state index contributed by atoms with van der Waals surface area (Å²) in [5, 5.41) is 9.30. The van der Waals surface area contributed by atoms with Crippen LogP contribution in [0.4, 0.5) is 0 Å². The van der Waals surface area contributed by atoms with E-state index in [1.165, 1.54) is 0 Å². The van der Waals surface area contributed by atoms with Crippen LogP contribution < -0.4 is 0 Å². The zero-order valence-corrected chi connectivity index (χ0v) is 8.65. The Bertz CT molecular complexity index is 132. The Balaban J connectivity index is 3.45. The van der Waals surface area contributed by atoms with Gasteiger partial charge in [-0.1, -0.05) is 29.8 Å². The van der Waals surface area contributed by atoms with Crippen LogP contribution in [0.3, 0.4) is 0 Å². The first-order valence-electron chi connectivity index (χ1n) is 3.76. The molecule has 2 nitrogen and oxygen atoms in total. The van der Waals surface area contributed by atoms with E-state index in [0.29, 0.717) is 0 Å². The summed E-state index contributed by atoms with van der Waals surface area (Å²) in [6, 6.07) is 0. The van der Waals surface area contributed by atoms with Crippen LogP contribution in [0.15, 0.2) is 0 Å². The number of halogens is 1. The van der Waals surface area contributed by atoms with Crippen LogP contribution in [0.1, 0.15) is 33.1 Å². The number of alkyl halides is 1. The maximum absolute atomic E-state index is 10.2. The van der Waals surface area contributed by atoms with Gasteiger partial charge in [-0.25, -0.2) is 0 Å². The van der Waals surface area contributed by atoms with E-state index in [1.54, 1.807) is 0 Å². The van der Waals surface area contributed by atoms with Crippen molar-refractivity contribution in [1.82, 2.24) is 0 Å². The lowest BCUT2D eigenvalue weighted by molar-refractivity contribution is -0.137. The zero-order chi connectivity index (χ0) is 8.91. The van der Waals surface area contributed by atoms with E-state index in [0.717, 1.165) is 18.2 Å². The van der Waals surface area contributed by atoms with Crippen molar-refractivity contribution in [2.24, 2.45) is 5.41 Å². The molecular weight excluding hydrogens is 208 g/mol. The smallest absolute Gasteiger partial charge is 0.303 e. The first-order chi connectivity index (χ1) is 4.98. The Morgan fingerprint density at radius 2 is 2.09 bits per heavy atom. The molecule has 3 heteroatoms. The van der Waals surface area contributed by atoms with Crippen molar-refractivity contribution in [3.05, 3.63) is 0 Å². The van der Waals surface area contributed by atoms with Crippen molar-refractivity contribution in [3.8, 4) is 0 Å². The maximum atomic E-state index is 10.2. The normalized spacial score (nSPS) is 11.5. The molecule has 0 aliphatic rings. The third kappa shape index (κ3) is 6.35. The molecule has 0 aliphatic heterocycles. The summed E-state index contributed by atoms with van der Waals surface area (Å²) in [4.78, 5) is 10.2. The molecule has 0 fully saturated rings. The molecule has 1 N–H and O–H groups in total. The average Bonchev–Trinajstić information content (AvgIpc) is 1.87. The van der Waals surface area contributed by atoms with Crippen molar-refractivity contribution < 1.29 is 9.90 Å². The minimum absolute atomic E-state index is 0.232. The molecule has 0 aliphatic carbocycles. The molecule has 0 saturated carbocycles. The number of hydrogen-bond donors (Lipinski definition) is 1. The highest BCUT2D eigenvalue weighted by Crippen LogP contribution is 2.25. The van der Waals surface area contributed by atoms with Crippen LogP contribution in [-0.2, 0) is 4.79 Å². The van der Waals surface area contributed by atoms with Crippen LogP contribution >= 0.6 is 15.9 Å². The van der Waals surface area contributed by atoms with Gasteiger partial charge in [-0.15, -0.1) is 0 Å². The predicted molar refractivity (Wildman–Crippen MR) is 49.1 cm³/mol. The van der Waals surface area contributed by atoms with E-state index in [9.17, 15) is 4.79 Å². The van der Waals surface area contributed by atoms with Crippen molar-refractivity contribution in [3.63, 3.8) is 0 Å². The quantitative estimate of drug-likeness (QED) is 0.727. The number of rotatable bonds is 5. The molecule has 0 aromatic carbocycles. The Morgan fingerprint density at radius 1 is 1.55 bits per heavy atom. The number of carboxylic acid groups (broad SMARTS) is 1. The van der Waals surface area contributed by atoms with Gasteiger partial charge >= 0.3 is 5.97 Å². The van der Waals surface area contributed by atoms with Crippen LogP contribution in [0, 0.1) is 5.41 Å². The van der Waals surface area contributed by atoms with Gasteiger partial charge in [-0.2, -0.15) is 0 Å². The van der Waals surface area contributed by atoms with Gasteiger partial charge in [0.15, 0.2) is 0 Å². The molecule has 0 aromatic heterocycles. The second-order valence-corrected chi connectivity index (χ2v) is 4.11. The second kappa shape index (κ2) is 4.75. The van der Waals surface area contributed by atoms with Gasteiger partial charge in [0.05, 0.1) is 0 Å². The minimum atomic E-state index is -0.699. The molecule has 66 valence electrons. The SMILES string of the molecule is CC(C)(CBr)CCCC(=O)O. The summed E-state index contributed by atoms with van der Waals surface area (Å²) in [6.07, 6.45) is 2.02. The molecule has 0 saturated heterocycles. The number of carbonyl (C=O) groups is 1. The lowest BCUT2D eigenvalue weighted by atomic mass is 9.90. The van der Waals surface area contributed by atoms with Gasteiger partial charge in [-0.05, 0) is 18.3 Å². The van der Waals surface area contributed by atoms with E-state index in [2.05, 4.69) is 29.8 Å². The summed E-state index contributed by atoms with van der Waals surface area (Å²) in [5.41, 5.74) is 0.232. The molecule has 0 rings (SSSR count). The van der Waals surface area contributed by atoms with Gasteiger partial charge in [0.2, 0.25) is 0 Å². The molecule has 0 spiro atoms. The molecule has 0 unspecified atom stereocenters. The summed E-state index contributed by atoms with van der Waals surface area (Å²) >= 11 is 3.39. The largest absolute Gasteiger partial charge is 0.481 e. The van der Waals surface area contributed by atoms with Crippen LogP contribution in [0.2, 0.25) is 0 Å². The Kier molecular flexibility index (Phi) is 4.73. The van der Waals surface area contributed by atoms with E-state index in [-0.39, 0.29) is 11.8 Å². The van der Waals surface area contributed by atoms with Crippen molar-refractivity contribution in [1.29, 1.82) is 0 Å². The standard InChI is InChI=1S/C8H15BrO2/c1-8(2,6-9)5-3-4-7(10)11/h3-6H2,1-2H3,(H,10,11). The molecule has 0 amide bonds. The monoisotopic (exact) mass is 222 g/mol. The number of carboxylic acids is 1. The van der Waals surface area contributed by atoms with Gasteiger partial charge in [0.1, 0.15) is 0 Å². The Hall–Kier alpha value is -0.0500. The summed E-state index contributed by atoms with van der Waals surface area (Å²) in [6.45, 7) is 4.26. The van der Waals surface area contributed by atoms with E-state index < -0.39 is 5.97 Å². The lowest BCUT2D eigenvalue weighted by Gasteiger charge is -2.20. The van der Waals surface area contributed by atoms with Crippen molar-refractivity contribution in [2.45, 2.75) is 33.1 Å². The van der Waals surface area contributed by atoms with Gasteiger partial charge in [0.25, 0.3) is 0 Å². The molecule has 0 aromatic rings. The van der Waals surface area contributed by atoms with E-state index in [4.69, 9.17) is 5.11 Å². The topological polar surface area (TPSA) is 37.3 Å². The summed E-state index contributed by atoms with van der Waals surface area (Å²) in [7, 11) is 0. The number of aliphatic carboxylic acids is 1. The molecule has 0 bridgehead atoms. The second-order valence-electron chi connectivity index (χ2n) is 3.55. The third-order valence-electron chi connectivity index (χ3n) is 1.61. The van der Waals surface area contributed by atoms with E-state index >= 15 is 0 Å². The van der Waals surface area contributed by atoms with Crippen molar-refractivity contribution >= 4 is 21.9 Å². The fourth-order valence-corrected chi connectivity index (χ4v) is 1.07. The fourth-order valence-electron chi connectivity index (χ4n) is 0.785. The zero-order valence-electron chi connectivity index (χ0n) is 7.06. The van der Waals surface area contributed by atoms with Crippen LogP contribution in [-0.4, -0.2) is 16.4 Å². The predicted octanol–water partition coefficient (Wildman–Crippen LogP) is 2.66. The Labute approximate surface area is 76.1 Å². The maximum Gasteiger partial charge on any atom is 0.303 e. The molecule has 0 atom stereocenters. The first-order valence-corrected chi connectivity index (χ1v) is 4.88. The molecule has 11 heavy (non-hydrogen) atoms. The highest BCUT2D eigenvalue weighted by molar-refractivity contribution is 9.09. The van der Waals surface area contributed by atoms with Crippen LogP contribution in [0.5, 0.6) is 0 Å². The highest BCUT2D eigenvalue weighted by atomic mass is 79.9. The van der Waals surface area contributed by atoms with E-state index in [1.807, 2.05) is 0 Å². The molecule has 0 radical (unpaired) electrons. The third-order valence-corrected chi connectivity index (χ3v) is 3.12. The van der Waals surface area contributed by atoms with Gasteiger partial charge < -0.3 is 5.11 Å². The summed E-state index contributed by atoms with van der Waals surface area (Å²) in [5.74, 6) is -0.699. The molecule has 0 heterocycles. The minimum Gasteiger partial charge on any atom is -0.481 e. The van der Waals surface area contributed by atoms with Crippen molar-refractivity contribution in [2.75, 3.05) is 5.33 Å². The molecular formula is C8H15BrO2. The highest BCUT2D eigenvalue weighted by Gasteiger charge is 2.15. The summed E-state index contributed by atoms with van der Waals surface area (Å²) < 4.78 is 0. The van der Waals surface area contributed by atoms with Crippen LogP contribution in [0.25, 0.3) is 0 Å². The van der Waals surface area contributed by atoms with Gasteiger partial charge in [0, 0.05) is 11.8 Å². The number of hydrogen-bond acceptors (Lipinski definition) is 1. The fraction of sp³-hybridized carbons (Fsp3) is 0.875. The Morgan fingerprint density at radius 3 is 2.45 bits per heavy atom. The lowest BCUT2D eigenvalue weighted by Crippen LogP contribution is -2.13.